The molecule has 0 fully saturated rings. The second kappa shape index (κ2) is 4.39. The van der Waals surface area contributed by atoms with Gasteiger partial charge in [0.2, 0.25) is 0 Å². The van der Waals surface area contributed by atoms with Crippen molar-refractivity contribution in [3.05, 3.63) is 34.9 Å². The van der Waals surface area contributed by atoms with E-state index in [9.17, 15) is 19.8 Å². The number of benzene rings is 2. The van der Waals surface area contributed by atoms with E-state index in [2.05, 4.69) is 0 Å². The van der Waals surface area contributed by atoms with Crippen LogP contribution in [0.3, 0.4) is 0 Å². The minimum absolute atomic E-state index is 0.0544. The third-order valence-corrected chi connectivity index (χ3v) is 3.25. The lowest BCUT2D eigenvalue weighted by Crippen LogP contribution is -2.01. The molecule has 0 saturated heterocycles. The van der Waals surface area contributed by atoms with Crippen molar-refractivity contribution in [1.29, 1.82) is 0 Å². The summed E-state index contributed by atoms with van der Waals surface area (Å²) in [6.45, 7) is 4.24. The van der Waals surface area contributed by atoms with Crippen molar-refractivity contribution in [2.75, 3.05) is 0 Å². The summed E-state index contributed by atoms with van der Waals surface area (Å²) < 4.78 is 0. The third-order valence-electron chi connectivity index (χ3n) is 3.25. The molecular formula is C15H14O4. The molecule has 4 nitrogen and oxygen atoms in total. The fraction of sp³-hybridized carbons (Fsp3) is 0.200. The molecule has 0 saturated carbocycles. The summed E-state index contributed by atoms with van der Waals surface area (Å²) in [6, 6.07) is 4.79. The SMILES string of the molecule is CC(=O)c1c(C)c(O)c2cccc(C(C)=O)c2c1O. The molecule has 2 aromatic carbocycles. The van der Waals surface area contributed by atoms with Gasteiger partial charge in [-0.3, -0.25) is 9.59 Å². The minimum Gasteiger partial charge on any atom is -0.507 e. The number of phenols is 2. The van der Waals surface area contributed by atoms with Gasteiger partial charge in [-0.25, -0.2) is 0 Å². The molecule has 0 aliphatic carbocycles. The molecule has 0 heterocycles. The second-order valence-corrected chi connectivity index (χ2v) is 4.54. The van der Waals surface area contributed by atoms with E-state index < -0.39 is 0 Å². The van der Waals surface area contributed by atoms with Gasteiger partial charge in [-0.05, 0) is 20.8 Å². The van der Waals surface area contributed by atoms with Gasteiger partial charge in [-0.15, -0.1) is 0 Å². The van der Waals surface area contributed by atoms with Crippen molar-refractivity contribution in [2.45, 2.75) is 20.8 Å². The van der Waals surface area contributed by atoms with Crippen molar-refractivity contribution in [1.82, 2.24) is 0 Å². The zero-order valence-corrected chi connectivity index (χ0v) is 10.9. The predicted molar refractivity (Wildman–Crippen MR) is 72.0 cm³/mol. The first-order valence-electron chi connectivity index (χ1n) is 5.85. The Bertz CT molecular complexity index is 714. The van der Waals surface area contributed by atoms with Gasteiger partial charge >= 0.3 is 0 Å². The van der Waals surface area contributed by atoms with E-state index in [-0.39, 0.29) is 39.6 Å². The molecule has 0 spiro atoms. The summed E-state index contributed by atoms with van der Waals surface area (Å²) in [5.41, 5.74) is 0.657. The van der Waals surface area contributed by atoms with Gasteiger partial charge in [0.1, 0.15) is 11.5 Å². The molecule has 0 atom stereocenters. The molecule has 0 unspecified atom stereocenters. The first kappa shape index (κ1) is 13.1. The maximum atomic E-state index is 11.6. The molecule has 2 N–H and O–H groups in total. The number of rotatable bonds is 2. The van der Waals surface area contributed by atoms with Gasteiger partial charge in [0, 0.05) is 21.9 Å². The zero-order chi connectivity index (χ0) is 14.3. The van der Waals surface area contributed by atoms with E-state index in [0.717, 1.165) is 0 Å². The lowest BCUT2D eigenvalue weighted by Gasteiger charge is -2.14. The van der Waals surface area contributed by atoms with Crippen molar-refractivity contribution < 1.29 is 19.8 Å². The molecule has 19 heavy (non-hydrogen) atoms. The first-order chi connectivity index (χ1) is 8.86. The van der Waals surface area contributed by atoms with E-state index >= 15 is 0 Å². The predicted octanol–water partition coefficient (Wildman–Crippen LogP) is 2.96. The van der Waals surface area contributed by atoms with E-state index in [0.29, 0.717) is 10.9 Å². The summed E-state index contributed by atoms with van der Waals surface area (Å²) in [5.74, 6) is -0.922. The second-order valence-electron chi connectivity index (χ2n) is 4.54. The van der Waals surface area contributed by atoms with Crippen molar-refractivity contribution in [2.24, 2.45) is 0 Å². The average Bonchev–Trinajstić information content (AvgIpc) is 2.34. The number of carbonyl (C=O) groups excluding carboxylic acids is 2. The Kier molecular flexibility index (Phi) is 3.02. The van der Waals surface area contributed by atoms with E-state index in [4.69, 9.17) is 0 Å². The maximum Gasteiger partial charge on any atom is 0.163 e. The van der Waals surface area contributed by atoms with Crippen molar-refractivity contribution in [3.8, 4) is 11.5 Å². The van der Waals surface area contributed by atoms with Crippen LogP contribution in [0.5, 0.6) is 11.5 Å². The van der Waals surface area contributed by atoms with Crippen molar-refractivity contribution in [3.63, 3.8) is 0 Å². The van der Waals surface area contributed by atoms with Gasteiger partial charge < -0.3 is 10.2 Å². The van der Waals surface area contributed by atoms with Crippen LogP contribution < -0.4 is 0 Å². The number of fused-ring (bicyclic) bond motifs is 1. The number of aromatic hydroxyl groups is 2. The number of Topliss-reactive ketones (excluding diaryl/α,β-unsaturated/α-hetero) is 2. The van der Waals surface area contributed by atoms with Crippen LogP contribution in [-0.2, 0) is 0 Å². The molecule has 0 bridgehead atoms. The number of hydrogen-bond donors (Lipinski definition) is 2. The largest absolute Gasteiger partial charge is 0.507 e. The molecule has 98 valence electrons. The number of phenolic OH excluding ortho intramolecular Hbond substituents is 2. The summed E-state index contributed by atoms with van der Waals surface area (Å²) in [6.07, 6.45) is 0. The Morgan fingerprint density at radius 3 is 2.16 bits per heavy atom. The van der Waals surface area contributed by atoms with Crippen LogP contribution in [0.4, 0.5) is 0 Å². The molecule has 0 aliphatic heterocycles. The van der Waals surface area contributed by atoms with Gasteiger partial charge in [-0.1, -0.05) is 18.2 Å². The number of hydrogen-bond acceptors (Lipinski definition) is 4. The zero-order valence-electron chi connectivity index (χ0n) is 10.9. The Morgan fingerprint density at radius 1 is 1.00 bits per heavy atom. The number of carbonyl (C=O) groups is 2. The lowest BCUT2D eigenvalue weighted by molar-refractivity contribution is 0.100. The highest BCUT2D eigenvalue weighted by molar-refractivity contribution is 6.15. The van der Waals surface area contributed by atoms with Crippen LogP contribution in [0.2, 0.25) is 0 Å². The van der Waals surface area contributed by atoms with Crippen LogP contribution >= 0.6 is 0 Å². The monoisotopic (exact) mass is 258 g/mol. The van der Waals surface area contributed by atoms with Crippen LogP contribution in [0.15, 0.2) is 18.2 Å². The summed E-state index contributed by atoms with van der Waals surface area (Å²) in [7, 11) is 0. The van der Waals surface area contributed by atoms with Crippen LogP contribution in [-0.4, -0.2) is 21.8 Å². The summed E-state index contributed by atoms with van der Waals surface area (Å²) >= 11 is 0. The Hall–Kier alpha value is -2.36. The smallest absolute Gasteiger partial charge is 0.163 e. The van der Waals surface area contributed by atoms with Crippen LogP contribution in [0, 0.1) is 6.92 Å². The Labute approximate surface area is 110 Å². The Balaban J connectivity index is 3.08. The van der Waals surface area contributed by atoms with Crippen LogP contribution in [0.25, 0.3) is 10.8 Å². The normalized spacial score (nSPS) is 10.7. The molecule has 2 aromatic rings. The van der Waals surface area contributed by atoms with E-state index in [1.54, 1.807) is 25.1 Å². The third kappa shape index (κ3) is 1.85. The fourth-order valence-corrected chi connectivity index (χ4v) is 2.35. The Morgan fingerprint density at radius 2 is 1.63 bits per heavy atom. The minimum atomic E-state index is -0.356. The van der Waals surface area contributed by atoms with Crippen molar-refractivity contribution >= 4 is 22.3 Å². The fourth-order valence-electron chi connectivity index (χ4n) is 2.35. The standard InChI is InChI=1S/C15H14O4/c1-7-12(9(3)17)15(19)13-10(8(2)16)5-4-6-11(13)14(7)18/h4-6,18-19H,1-3H3. The van der Waals surface area contributed by atoms with Gasteiger partial charge in [0.05, 0.1) is 5.56 Å². The average molecular weight is 258 g/mol. The summed E-state index contributed by atoms with van der Waals surface area (Å²) in [4.78, 5) is 23.2. The highest BCUT2D eigenvalue weighted by atomic mass is 16.3. The molecule has 0 radical (unpaired) electrons. The van der Waals surface area contributed by atoms with Crippen LogP contribution in [0.1, 0.15) is 40.1 Å². The maximum absolute atomic E-state index is 11.6. The molecule has 2 rings (SSSR count). The topological polar surface area (TPSA) is 74.6 Å². The van der Waals surface area contributed by atoms with E-state index in [1.807, 2.05) is 0 Å². The molecular weight excluding hydrogens is 244 g/mol. The first-order valence-corrected chi connectivity index (χ1v) is 5.85. The summed E-state index contributed by atoms with van der Waals surface area (Å²) in [5, 5.41) is 21.0. The van der Waals surface area contributed by atoms with Gasteiger partial charge in [0.25, 0.3) is 0 Å². The van der Waals surface area contributed by atoms with E-state index in [1.165, 1.54) is 13.8 Å². The number of ketones is 2. The highest BCUT2D eigenvalue weighted by Crippen LogP contribution is 2.41. The highest BCUT2D eigenvalue weighted by Gasteiger charge is 2.21. The quantitative estimate of drug-likeness (QED) is 0.641. The molecule has 0 amide bonds. The molecule has 4 heteroatoms. The molecule has 0 aliphatic rings. The van der Waals surface area contributed by atoms with Gasteiger partial charge in [-0.2, -0.15) is 0 Å². The lowest BCUT2D eigenvalue weighted by atomic mass is 9.93. The van der Waals surface area contributed by atoms with Gasteiger partial charge in [0.15, 0.2) is 11.6 Å². The molecule has 0 aromatic heterocycles.